The number of rotatable bonds is 4. The summed E-state index contributed by atoms with van der Waals surface area (Å²) in [5.41, 5.74) is 6.60. The number of aromatic nitrogens is 1. The Labute approximate surface area is 112 Å². The van der Waals surface area contributed by atoms with Crippen LogP contribution in [-0.2, 0) is 0 Å². The van der Waals surface area contributed by atoms with E-state index < -0.39 is 0 Å². The van der Waals surface area contributed by atoms with Gasteiger partial charge in [-0.1, -0.05) is 26.0 Å². The van der Waals surface area contributed by atoms with E-state index in [0.29, 0.717) is 24.7 Å². The highest BCUT2D eigenvalue weighted by Gasteiger charge is 2.21. The van der Waals surface area contributed by atoms with E-state index in [9.17, 15) is 4.79 Å². The van der Waals surface area contributed by atoms with Gasteiger partial charge in [-0.05, 0) is 12.3 Å². The second kappa shape index (κ2) is 5.63. The second-order valence-electron chi connectivity index (χ2n) is 4.99. The smallest absolute Gasteiger partial charge is 0.273 e. The highest BCUT2D eigenvalue weighted by atomic mass is 32.1. The molecular weight excluding hydrogens is 246 g/mol. The molecule has 1 aliphatic rings. The lowest BCUT2D eigenvalue weighted by Gasteiger charge is -2.13. The fraction of sp³-hybridized carbons (Fsp3) is 0.538. The first-order chi connectivity index (χ1) is 8.58. The average molecular weight is 265 g/mol. The predicted octanol–water partition coefficient (Wildman–Crippen LogP) is 2.20. The van der Waals surface area contributed by atoms with Crippen molar-refractivity contribution in [1.82, 2.24) is 9.88 Å². The summed E-state index contributed by atoms with van der Waals surface area (Å²) < 4.78 is 0. The lowest BCUT2D eigenvalue weighted by Crippen LogP contribution is -2.28. The number of amides is 1. The number of hydrogen-bond acceptors (Lipinski definition) is 4. The molecule has 0 radical (unpaired) electrons. The highest BCUT2D eigenvalue weighted by molar-refractivity contribution is 7.09. The molecule has 5 heteroatoms. The van der Waals surface area contributed by atoms with Gasteiger partial charge in [0.1, 0.15) is 10.7 Å². The van der Waals surface area contributed by atoms with Gasteiger partial charge in [-0.15, -0.1) is 11.3 Å². The van der Waals surface area contributed by atoms with Crippen LogP contribution in [0.2, 0.25) is 0 Å². The Hall–Kier alpha value is -1.20. The van der Waals surface area contributed by atoms with Crippen LogP contribution in [0, 0.1) is 5.92 Å². The maximum absolute atomic E-state index is 12.1. The van der Waals surface area contributed by atoms with Gasteiger partial charge in [-0.2, -0.15) is 0 Å². The number of carbonyl (C=O) groups excluding carboxylic acids is 1. The van der Waals surface area contributed by atoms with Crippen LogP contribution in [0.25, 0.3) is 0 Å². The zero-order chi connectivity index (χ0) is 13.1. The van der Waals surface area contributed by atoms with Crippen LogP contribution in [0.3, 0.4) is 0 Å². The average Bonchev–Trinajstić information content (AvgIpc) is 2.99. The van der Waals surface area contributed by atoms with Crippen LogP contribution in [-0.4, -0.2) is 28.9 Å². The van der Waals surface area contributed by atoms with Crippen molar-refractivity contribution in [3.05, 3.63) is 28.2 Å². The Kier molecular flexibility index (Phi) is 4.14. The van der Waals surface area contributed by atoms with Crippen molar-refractivity contribution in [1.29, 1.82) is 0 Å². The van der Waals surface area contributed by atoms with Crippen LogP contribution in [0.15, 0.2) is 17.5 Å². The standard InChI is InChI=1S/C13H19N3OS/c1-9(2)7-10(14)12-15-11(8-18-12)13(17)16-5-3-4-6-16/h3-4,8-10H,5-7,14H2,1-2H3. The molecule has 1 amide bonds. The molecule has 18 heavy (non-hydrogen) atoms. The fourth-order valence-corrected chi connectivity index (χ4v) is 2.78. The predicted molar refractivity (Wildman–Crippen MR) is 73.5 cm³/mol. The fourth-order valence-electron chi connectivity index (χ4n) is 1.97. The van der Waals surface area contributed by atoms with Gasteiger partial charge in [0, 0.05) is 18.5 Å². The van der Waals surface area contributed by atoms with Crippen molar-refractivity contribution in [3.8, 4) is 0 Å². The molecule has 0 spiro atoms. The minimum absolute atomic E-state index is 0.000697. The molecule has 0 fully saturated rings. The Morgan fingerprint density at radius 2 is 2.17 bits per heavy atom. The van der Waals surface area contributed by atoms with Gasteiger partial charge in [0.15, 0.2) is 0 Å². The summed E-state index contributed by atoms with van der Waals surface area (Å²) in [6.07, 6.45) is 4.89. The minimum atomic E-state index is -0.0618. The number of thiazole rings is 1. The summed E-state index contributed by atoms with van der Waals surface area (Å²) in [6.45, 7) is 5.64. The first kappa shape index (κ1) is 13.2. The first-order valence-electron chi connectivity index (χ1n) is 6.23. The molecule has 1 atom stereocenters. The molecule has 1 unspecified atom stereocenters. The zero-order valence-electron chi connectivity index (χ0n) is 10.8. The third-order valence-corrected chi connectivity index (χ3v) is 3.87. The Balaban J connectivity index is 2.03. The minimum Gasteiger partial charge on any atom is -0.330 e. The number of hydrogen-bond donors (Lipinski definition) is 1. The maximum atomic E-state index is 12.1. The summed E-state index contributed by atoms with van der Waals surface area (Å²) >= 11 is 1.48. The molecule has 2 heterocycles. The molecule has 0 aliphatic carbocycles. The molecule has 0 bridgehead atoms. The molecule has 1 aromatic rings. The second-order valence-corrected chi connectivity index (χ2v) is 5.88. The monoisotopic (exact) mass is 265 g/mol. The van der Waals surface area contributed by atoms with E-state index in [2.05, 4.69) is 18.8 Å². The van der Waals surface area contributed by atoms with Gasteiger partial charge < -0.3 is 10.6 Å². The van der Waals surface area contributed by atoms with Crippen molar-refractivity contribution in [3.63, 3.8) is 0 Å². The van der Waals surface area contributed by atoms with E-state index in [4.69, 9.17) is 5.73 Å². The molecule has 4 nitrogen and oxygen atoms in total. The van der Waals surface area contributed by atoms with E-state index in [0.717, 1.165) is 11.4 Å². The molecule has 0 saturated carbocycles. The molecule has 2 rings (SSSR count). The lowest BCUT2D eigenvalue weighted by molar-refractivity contribution is 0.0795. The van der Waals surface area contributed by atoms with Crippen LogP contribution in [0.5, 0.6) is 0 Å². The highest BCUT2D eigenvalue weighted by Crippen LogP contribution is 2.23. The molecule has 98 valence electrons. The van der Waals surface area contributed by atoms with Gasteiger partial charge in [-0.25, -0.2) is 4.98 Å². The summed E-state index contributed by atoms with van der Waals surface area (Å²) in [6, 6.07) is -0.0618. The van der Waals surface area contributed by atoms with Gasteiger partial charge >= 0.3 is 0 Å². The summed E-state index contributed by atoms with van der Waals surface area (Å²) in [7, 11) is 0. The quantitative estimate of drug-likeness (QED) is 0.849. The van der Waals surface area contributed by atoms with Crippen molar-refractivity contribution in [2.24, 2.45) is 11.7 Å². The first-order valence-corrected chi connectivity index (χ1v) is 7.11. The SMILES string of the molecule is CC(C)CC(N)c1nc(C(=O)N2CC=CC2)cs1. The van der Waals surface area contributed by atoms with Gasteiger partial charge in [0.25, 0.3) is 5.91 Å². The van der Waals surface area contributed by atoms with E-state index in [-0.39, 0.29) is 11.9 Å². The van der Waals surface area contributed by atoms with E-state index in [1.165, 1.54) is 11.3 Å². The summed E-state index contributed by atoms with van der Waals surface area (Å²) in [5.74, 6) is 0.532. The molecular formula is C13H19N3OS. The van der Waals surface area contributed by atoms with Gasteiger partial charge in [0.05, 0.1) is 6.04 Å². The van der Waals surface area contributed by atoms with E-state index in [1.54, 1.807) is 4.90 Å². The molecule has 0 aromatic carbocycles. The van der Waals surface area contributed by atoms with Crippen LogP contribution >= 0.6 is 11.3 Å². The molecule has 2 N–H and O–H groups in total. The maximum Gasteiger partial charge on any atom is 0.273 e. The van der Waals surface area contributed by atoms with Gasteiger partial charge in [-0.3, -0.25) is 4.79 Å². The van der Waals surface area contributed by atoms with Crippen molar-refractivity contribution < 1.29 is 4.79 Å². The van der Waals surface area contributed by atoms with E-state index in [1.807, 2.05) is 17.5 Å². The van der Waals surface area contributed by atoms with E-state index >= 15 is 0 Å². The van der Waals surface area contributed by atoms with Crippen LogP contribution < -0.4 is 5.73 Å². The Bertz CT molecular complexity index is 445. The summed E-state index contributed by atoms with van der Waals surface area (Å²) in [5, 5.41) is 2.68. The normalized spacial score (nSPS) is 16.6. The lowest BCUT2D eigenvalue weighted by atomic mass is 10.1. The third-order valence-electron chi connectivity index (χ3n) is 2.89. The zero-order valence-corrected chi connectivity index (χ0v) is 11.6. The van der Waals surface area contributed by atoms with Crippen molar-refractivity contribution >= 4 is 17.2 Å². The van der Waals surface area contributed by atoms with Crippen molar-refractivity contribution in [2.75, 3.05) is 13.1 Å². The molecule has 1 aliphatic heterocycles. The Morgan fingerprint density at radius 3 is 2.78 bits per heavy atom. The third kappa shape index (κ3) is 2.97. The van der Waals surface area contributed by atoms with Crippen LogP contribution in [0.1, 0.15) is 41.8 Å². The number of carbonyl (C=O) groups is 1. The number of nitrogens with two attached hydrogens (primary N) is 1. The van der Waals surface area contributed by atoms with Gasteiger partial charge in [0.2, 0.25) is 0 Å². The van der Waals surface area contributed by atoms with Crippen molar-refractivity contribution in [2.45, 2.75) is 26.3 Å². The summed E-state index contributed by atoms with van der Waals surface area (Å²) in [4.78, 5) is 18.2. The largest absolute Gasteiger partial charge is 0.330 e. The number of nitrogens with zero attached hydrogens (tertiary/aromatic N) is 2. The topological polar surface area (TPSA) is 59.2 Å². The van der Waals surface area contributed by atoms with Crippen LogP contribution in [0.4, 0.5) is 0 Å². The molecule has 0 saturated heterocycles. The Morgan fingerprint density at radius 1 is 1.50 bits per heavy atom. The molecule has 1 aromatic heterocycles.